The average Bonchev–Trinajstić information content (AvgIpc) is 3.13. The van der Waals surface area contributed by atoms with Crippen molar-refractivity contribution in [3.8, 4) is 0 Å². The van der Waals surface area contributed by atoms with Gasteiger partial charge in [-0.2, -0.15) is 0 Å². The van der Waals surface area contributed by atoms with E-state index in [1.807, 2.05) is 13.0 Å². The van der Waals surface area contributed by atoms with Gasteiger partial charge in [0.05, 0.1) is 42.0 Å². The van der Waals surface area contributed by atoms with Gasteiger partial charge < -0.3 is 4.90 Å². The van der Waals surface area contributed by atoms with Gasteiger partial charge >= 0.3 is 0 Å². The average molecular weight is 401 g/mol. The van der Waals surface area contributed by atoms with E-state index in [0.717, 1.165) is 35.4 Å². The van der Waals surface area contributed by atoms with Crippen LogP contribution in [0.15, 0.2) is 36.4 Å². The van der Waals surface area contributed by atoms with Gasteiger partial charge in [-0.25, -0.2) is 9.37 Å². The second-order valence-corrected chi connectivity index (χ2v) is 8.00. The summed E-state index contributed by atoms with van der Waals surface area (Å²) in [7, 11) is 0. The van der Waals surface area contributed by atoms with Crippen molar-refractivity contribution in [1.82, 2.24) is 4.98 Å². The number of nitrogens with zero attached hydrogens (tertiary/aromatic N) is 2. The van der Waals surface area contributed by atoms with Gasteiger partial charge in [0, 0.05) is 0 Å². The third-order valence-corrected chi connectivity index (χ3v) is 6.39. The highest BCUT2D eigenvalue weighted by molar-refractivity contribution is 7.22. The molecule has 1 aromatic heterocycles. The van der Waals surface area contributed by atoms with Gasteiger partial charge in [0.25, 0.3) is 5.91 Å². The summed E-state index contributed by atoms with van der Waals surface area (Å²) in [5, 5.41) is 0.628. The van der Waals surface area contributed by atoms with E-state index in [-0.39, 0.29) is 11.5 Å². The monoisotopic (exact) mass is 400 g/mol. The SMILES string of the molecule is CC[NH+](CC)CCN(C(=O)c1ccccc1F)c1nc2c(C)c(C)ccc2s1. The molecule has 3 aromatic rings. The van der Waals surface area contributed by atoms with Crippen molar-refractivity contribution in [3.63, 3.8) is 0 Å². The maximum atomic E-state index is 14.3. The van der Waals surface area contributed by atoms with Crippen LogP contribution in [-0.4, -0.2) is 37.1 Å². The highest BCUT2D eigenvalue weighted by Gasteiger charge is 2.25. The second kappa shape index (κ2) is 8.80. The van der Waals surface area contributed by atoms with Crippen molar-refractivity contribution in [2.24, 2.45) is 0 Å². The molecule has 0 spiro atoms. The number of carbonyl (C=O) groups is 1. The topological polar surface area (TPSA) is 37.6 Å². The minimum atomic E-state index is -0.499. The van der Waals surface area contributed by atoms with Crippen molar-refractivity contribution in [2.45, 2.75) is 27.7 Å². The van der Waals surface area contributed by atoms with Gasteiger partial charge in [0.1, 0.15) is 5.82 Å². The first-order valence-corrected chi connectivity index (χ1v) is 10.5. The summed E-state index contributed by atoms with van der Waals surface area (Å²) < 4.78 is 15.3. The van der Waals surface area contributed by atoms with Crippen molar-refractivity contribution in [2.75, 3.05) is 31.1 Å². The molecule has 0 bridgehead atoms. The number of nitrogens with one attached hydrogen (secondary N) is 1. The van der Waals surface area contributed by atoms with Crippen LogP contribution >= 0.6 is 11.3 Å². The van der Waals surface area contributed by atoms with Crippen molar-refractivity contribution in [1.29, 1.82) is 0 Å². The molecule has 0 radical (unpaired) electrons. The Hall–Kier alpha value is -2.31. The molecule has 6 heteroatoms. The molecule has 0 aliphatic carbocycles. The Morgan fingerprint density at radius 1 is 1.14 bits per heavy atom. The Bertz CT molecular complexity index is 981. The Kier molecular flexibility index (Phi) is 6.42. The molecule has 1 heterocycles. The van der Waals surface area contributed by atoms with Crippen LogP contribution in [0.25, 0.3) is 10.2 Å². The van der Waals surface area contributed by atoms with E-state index in [1.54, 1.807) is 17.0 Å². The van der Waals surface area contributed by atoms with E-state index in [2.05, 4.69) is 26.8 Å². The largest absolute Gasteiger partial charge is 0.334 e. The number of rotatable bonds is 7. The molecule has 0 saturated heterocycles. The van der Waals surface area contributed by atoms with Crippen LogP contribution in [0.3, 0.4) is 0 Å². The van der Waals surface area contributed by atoms with Crippen molar-refractivity contribution in [3.05, 3.63) is 58.9 Å². The molecule has 0 saturated carbocycles. The van der Waals surface area contributed by atoms with Gasteiger partial charge in [-0.3, -0.25) is 9.69 Å². The molecule has 2 aromatic carbocycles. The number of hydrogen-bond donors (Lipinski definition) is 1. The smallest absolute Gasteiger partial charge is 0.263 e. The summed E-state index contributed by atoms with van der Waals surface area (Å²) in [6, 6.07) is 10.3. The van der Waals surface area contributed by atoms with E-state index >= 15 is 0 Å². The van der Waals surface area contributed by atoms with Crippen LogP contribution in [-0.2, 0) is 0 Å². The molecule has 0 aliphatic rings. The van der Waals surface area contributed by atoms with Gasteiger partial charge in [0.15, 0.2) is 5.13 Å². The zero-order chi connectivity index (χ0) is 20.3. The summed E-state index contributed by atoms with van der Waals surface area (Å²) in [6.07, 6.45) is 0. The predicted octanol–water partition coefficient (Wildman–Crippen LogP) is 3.62. The lowest BCUT2D eigenvalue weighted by Crippen LogP contribution is -3.12. The minimum absolute atomic E-state index is 0.0872. The number of hydrogen-bond acceptors (Lipinski definition) is 3. The number of aryl methyl sites for hydroxylation is 2. The zero-order valence-corrected chi connectivity index (χ0v) is 17.7. The minimum Gasteiger partial charge on any atom is -0.334 e. The lowest BCUT2D eigenvalue weighted by Gasteiger charge is -2.23. The number of amides is 1. The predicted molar refractivity (Wildman–Crippen MR) is 114 cm³/mol. The Balaban J connectivity index is 2.02. The first-order valence-electron chi connectivity index (χ1n) is 9.72. The normalized spacial score (nSPS) is 11.4. The quantitative estimate of drug-likeness (QED) is 0.658. The van der Waals surface area contributed by atoms with Gasteiger partial charge in [0.2, 0.25) is 0 Å². The molecule has 28 heavy (non-hydrogen) atoms. The molecule has 1 amide bonds. The van der Waals surface area contributed by atoms with Crippen LogP contribution in [0, 0.1) is 19.7 Å². The van der Waals surface area contributed by atoms with Gasteiger partial charge in [-0.1, -0.05) is 29.5 Å². The lowest BCUT2D eigenvalue weighted by atomic mass is 10.1. The Morgan fingerprint density at radius 3 is 2.54 bits per heavy atom. The fourth-order valence-electron chi connectivity index (χ4n) is 3.27. The first kappa shape index (κ1) is 20.4. The summed E-state index contributed by atoms with van der Waals surface area (Å²) in [4.78, 5) is 21.0. The van der Waals surface area contributed by atoms with E-state index in [0.29, 0.717) is 11.7 Å². The Labute approximate surface area is 169 Å². The summed E-state index contributed by atoms with van der Waals surface area (Å²) in [5.74, 6) is -0.834. The van der Waals surface area contributed by atoms with Gasteiger partial charge in [-0.15, -0.1) is 0 Å². The molecule has 0 unspecified atom stereocenters. The molecule has 1 N–H and O–H groups in total. The van der Waals surface area contributed by atoms with E-state index in [4.69, 9.17) is 4.98 Å². The molecule has 4 nitrogen and oxygen atoms in total. The summed E-state index contributed by atoms with van der Waals surface area (Å²) >= 11 is 1.49. The highest BCUT2D eigenvalue weighted by Crippen LogP contribution is 2.32. The van der Waals surface area contributed by atoms with Crippen molar-refractivity contribution < 1.29 is 14.1 Å². The highest BCUT2D eigenvalue weighted by atomic mass is 32.1. The third-order valence-electron chi connectivity index (χ3n) is 5.34. The fraction of sp³-hybridized carbons (Fsp3) is 0.364. The van der Waals surface area contributed by atoms with E-state index < -0.39 is 5.82 Å². The van der Waals surface area contributed by atoms with Crippen LogP contribution in [0.4, 0.5) is 9.52 Å². The first-order chi connectivity index (χ1) is 13.5. The number of carbonyl (C=O) groups excluding carboxylic acids is 1. The Morgan fingerprint density at radius 2 is 1.86 bits per heavy atom. The van der Waals surface area contributed by atoms with Crippen LogP contribution in [0.5, 0.6) is 0 Å². The number of anilines is 1. The van der Waals surface area contributed by atoms with Crippen LogP contribution in [0.1, 0.15) is 35.3 Å². The van der Waals surface area contributed by atoms with Crippen LogP contribution in [0.2, 0.25) is 0 Å². The number of fused-ring (bicyclic) bond motifs is 1. The number of aromatic nitrogens is 1. The second-order valence-electron chi connectivity index (χ2n) is 6.99. The maximum absolute atomic E-state index is 14.3. The summed E-state index contributed by atoms with van der Waals surface area (Å²) in [5.41, 5.74) is 3.29. The lowest BCUT2D eigenvalue weighted by molar-refractivity contribution is -0.894. The van der Waals surface area contributed by atoms with Crippen molar-refractivity contribution >= 4 is 32.6 Å². The fourth-order valence-corrected chi connectivity index (χ4v) is 4.32. The molecule has 3 rings (SSSR count). The molecule has 148 valence electrons. The summed E-state index contributed by atoms with van der Waals surface area (Å²) in [6.45, 7) is 11.6. The molecule has 0 atom stereocenters. The van der Waals surface area contributed by atoms with E-state index in [1.165, 1.54) is 33.9 Å². The number of halogens is 1. The maximum Gasteiger partial charge on any atom is 0.263 e. The van der Waals surface area contributed by atoms with Gasteiger partial charge in [-0.05, 0) is 57.0 Å². The molecular weight excluding hydrogens is 373 g/mol. The molecule has 0 aliphatic heterocycles. The number of likely N-dealkylation sites (N-methyl/N-ethyl adjacent to an activating group) is 1. The molecule has 0 fully saturated rings. The number of thiazole rings is 1. The zero-order valence-electron chi connectivity index (χ0n) is 16.9. The molecular formula is C22H27FN3OS+. The standard InChI is InChI=1S/C22H26FN3OS/c1-5-25(6-2)13-14-26(21(27)17-9-7-8-10-18(17)23)22-24-20-16(4)15(3)11-12-19(20)28-22/h7-12H,5-6,13-14H2,1-4H3/p+1. The third kappa shape index (κ3) is 4.08. The number of benzene rings is 2. The van der Waals surface area contributed by atoms with E-state index in [9.17, 15) is 9.18 Å². The van der Waals surface area contributed by atoms with Crippen LogP contribution < -0.4 is 9.80 Å². The number of quaternary nitrogens is 1.